The number of halogens is 1. The van der Waals surface area contributed by atoms with Crippen molar-refractivity contribution in [2.75, 3.05) is 0 Å². The maximum Gasteiger partial charge on any atom is 0.306 e. The predicted molar refractivity (Wildman–Crippen MR) is 115 cm³/mol. The molecule has 1 unspecified atom stereocenters. The van der Waals surface area contributed by atoms with Crippen LogP contribution in [0.15, 0.2) is 30.4 Å². The van der Waals surface area contributed by atoms with Gasteiger partial charge in [0.15, 0.2) is 0 Å². The highest BCUT2D eigenvalue weighted by atomic mass is 35.5. The maximum absolute atomic E-state index is 11.6. The van der Waals surface area contributed by atoms with Crippen molar-refractivity contribution in [1.82, 2.24) is 0 Å². The Morgan fingerprint density at radius 3 is 2.86 bits per heavy atom. The molecule has 5 atom stereocenters. The molecule has 1 aromatic carbocycles. The van der Waals surface area contributed by atoms with E-state index in [1.807, 2.05) is 26.0 Å². The van der Waals surface area contributed by atoms with Gasteiger partial charge in [-0.25, -0.2) is 0 Å². The number of allylic oxidation sites excluding steroid dienone is 2. The standard InChI is InChI=1S/C24H33ClO4/c1-15(2)29-23(28)8-6-4-3-5-7-19-20(25)14-22(27)24(19)17-9-11-18-16(13-17)10-12-21(18)26/h3,5,9,11,13,15,19-22,24,26-27H,4,6-8,10,12,14H2,1-2H3/b5-3-/t19-,20-,21?,22+,24+/m0/s1. The molecule has 160 valence electrons. The molecule has 0 radical (unpaired) electrons. The predicted octanol–water partition coefficient (Wildman–Crippen LogP) is 4.81. The number of aliphatic hydroxyl groups excluding tert-OH is 2. The van der Waals surface area contributed by atoms with Crippen LogP contribution in [-0.4, -0.2) is 33.8 Å². The first-order valence-corrected chi connectivity index (χ1v) is 11.3. The lowest BCUT2D eigenvalue weighted by Gasteiger charge is -2.23. The van der Waals surface area contributed by atoms with Gasteiger partial charge in [-0.2, -0.15) is 0 Å². The van der Waals surface area contributed by atoms with Crippen LogP contribution in [-0.2, 0) is 16.0 Å². The van der Waals surface area contributed by atoms with E-state index in [1.165, 1.54) is 5.56 Å². The number of carbonyl (C=O) groups excluding carboxylic acids is 1. The molecule has 3 rings (SSSR count). The highest BCUT2D eigenvalue weighted by Gasteiger charge is 2.42. The van der Waals surface area contributed by atoms with Crippen LogP contribution in [0.5, 0.6) is 0 Å². The number of esters is 1. The van der Waals surface area contributed by atoms with E-state index < -0.39 is 6.10 Å². The summed E-state index contributed by atoms with van der Waals surface area (Å²) in [5.41, 5.74) is 3.35. The molecule has 2 aliphatic rings. The molecule has 0 spiro atoms. The van der Waals surface area contributed by atoms with Gasteiger partial charge in [0.1, 0.15) is 0 Å². The van der Waals surface area contributed by atoms with E-state index in [4.69, 9.17) is 16.3 Å². The zero-order valence-corrected chi connectivity index (χ0v) is 18.1. The van der Waals surface area contributed by atoms with Gasteiger partial charge in [0.25, 0.3) is 0 Å². The number of rotatable bonds is 8. The average Bonchev–Trinajstić information content (AvgIpc) is 3.16. The number of hydrogen-bond donors (Lipinski definition) is 2. The van der Waals surface area contributed by atoms with Crippen LogP contribution in [0.1, 0.15) is 81.1 Å². The smallest absolute Gasteiger partial charge is 0.306 e. The van der Waals surface area contributed by atoms with Crippen molar-refractivity contribution in [2.45, 2.75) is 88.4 Å². The first-order valence-electron chi connectivity index (χ1n) is 10.8. The lowest BCUT2D eigenvalue weighted by atomic mass is 9.84. The summed E-state index contributed by atoms with van der Waals surface area (Å²) in [4.78, 5) is 11.6. The second kappa shape index (κ2) is 10.1. The van der Waals surface area contributed by atoms with E-state index in [0.717, 1.165) is 43.2 Å². The number of unbranched alkanes of at least 4 members (excludes halogenated alkanes) is 1. The van der Waals surface area contributed by atoms with Gasteiger partial charge in [-0.3, -0.25) is 4.79 Å². The fourth-order valence-corrected chi connectivity index (χ4v) is 5.15. The Labute approximate surface area is 178 Å². The number of hydrogen-bond acceptors (Lipinski definition) is 4. The van der Waals surface area contributed by atoms with Crippen LogP contribution in [0.25, 0.3) is 0 Å². The molecule has 5 heteroatoms. The van der Waals surface area contributed by atoms with Crippen molar-refractivity contribution in [3.63, 3.8) is 0 Å². The third-order valence-electron chi connectivity index (χ3n) is 6.10. The number of alkyl halides is 1. The third-order valence-corrected chi connectivity index (χ3v) is 6.60. The zero-order chi connectivity index (χ0) is 21.0. The second-order valence-electron chi connectivity index (χ2n) is 8.66. The number of aryl methyl sites for hydroxylation is 1. The summed E-state index contributed by atoms with van der Waals surface area (Å²) in [7, 11) is 0. The van der Waals surface area contributed by atoms with E-state index in [1.54, 1.807) is 0 Å². The molecule has 29 heavy (non-hydrogen) atoms. The summed E-state index contributed by atoms with van der Waals surface area (Å²) in [6, 6.07) is 6.22. The van der Waals surface area contributed by atoms with Crippen molar-refractivity contribution >= 4 is 17.6 Å². The lowest BCUT2D eigenvalue weighted by Crippen LogP contribution is -2.18. The van der Waals surface area contributed by atoms with E-state index >= 15 is 0 Å². The van der Waals surface area contributed by atoms with Crippen molar-refractivity contribution in [3.05, 3.63) is 47.0 Å². The first-order chi connectivity index (χ1) is 13.9. The number of benzene rings is 1. The summed E-state index contributed by atoms with van der Waals surface area (Å²) in [6.45, 7) is 3.71. The molecule has 0 amide bonds. The van der Waals surface area contributed by atoms with Crippen LogP contribution in [0.4, 0.5) is 0 Å². The summed E-state index contributed by atoms with van der Waals surface area (Å²) in [5, 5.41) is 20.6. The molecule has 0 aliphatic heterocycles. The molecule has 4 nitrogen and oxygen atoms in total. The SMILES string of the molecule is CC(C)OC(=O)CCC/C=C\C[C@@H]1[C@@H](c2ccc3c(c2)CCC3O)[C@H](O)C[C@@H]1Cl. The Hall–Kier alpha value is -1.36. The Morgan fingerprint density at radius 1 is 1.31 bits per heavy atom. The minimum atomic E-state index is -0.439. The van der Waals surface area contributed by atoms with Crippen LogP contribution in [0, 0.1) is 5.92 Å². The third kappa shape index (κ3) is 5.62. The van der Waals surface area contributed by atoms with Crippen LogP contribution in [0.3, 0.4) is 0 Å². The van der Waals surface area contributed by atoms with E-state index in [2.05, 4.69) is 18.2 Å². The molecule has 0 saturated heterocycles. The highest BCUT2D eigenvalue weighted by Crippen LogP contribution is 2.46. The van der Waals surface area contributed by atoms with E-state index in [9.17, 15) is 15.0 Å². The molecule has 0 aromatic heterocycles. The molecular formula is C24H33ClO4. The van der Waals surface area contributed by atoms with E-state index in [0.29, 0.717) is 12.8 Å². The van der Waals surface area contributed by atoms with Gasteiger partial charge in [0.05, 0.1) is 18.3 Å². The van der Waals surface area contributed by atoms with Gasteiger partial charge in [-0.1, -0.05) is 30.4 Å². The summed E-state index contributed by atoms with van der Waals surface area (Å²) in [5.74, 6) is 0.0549. The summed E-state index contributed by atoms with van der Waals surface area (Å²) >= 11 is 6.59. The van der Waals surface area contributed by atoms with Gasteiger partial charge < -0.3 is 14.9 Å². The van der Waals surface area contributed by atoms with Gasteiger partial charge in [0, 0.05) is 17.7 Å². The monoisotopic (exact) mass is 420 g/mol. The Kier molecular flexibility index (Phi) is 7.78. The minimum Gasteiger partial charge on any atom is -0.463 e. The molecule has 0 bridgehead atoms. The largest absolute Gasteiger partial charge is 0.463 e. The fourth-order valence-electron chi connectivity index (χ4n) is 4.71. The van der Waals surface area contributed by atoms with Crippen molar-refractivity contribution in [1.29, 1.82) is 0 Å². The van der Waals surface area contributed by atoms with Gasteiger partial charge in [-0.15, -0.1) is 11.6 Å². The number of fused-ring (bicyclic) bond motifs is 1. The van der Waals surface area contributed by atoms with Crippen molar-refractivity contribution < 1.29 is 19.7 Å². The van der Waals surface area contributed by atoms with Crippen LogP contribution < -0.4 is 0 Å². The van der Waals surface area contributed by atoms with Crippen LogP contribution in [0.2, 0.25) is 0 Å². The first kappa shape index (κ1) is 22.3. The van der Waals surface area contributed by atoms with Gasteiger partial charge in [-0.05, 0) is 75.0 Å². The summed E-state index contributed by atoms with van der Waals surface area (Å²) < 4.78 is 5.14. The molecule has 0 heterocycles. The number of ether oxygens (including phenoxy) is 1. The zero-order valence-electron chi connectivity index (χ0n) is 17.4. The lowest BCUT2D eigenvalue weighted by molar-refractivity contribution is -0.147. The molecule has 1 fully saturated rings. The second-order valence-corrected chi connectivity index (χ2v) is 9.22. The minimum absolute atomic E-state index is 0.0196. The topological polar surface area (TPSA) is 66.8 Å². The van der Waals surface area contributed by atoms with Gasteiger partial charge in [0.2, 0.25) is 0 Å². The molecule has 2 N–H and O–H groups in total. The number of carbonyl (C=O) groups is 1. The quantitative estimate of drug-likeness (QED) is 0.274. The molecular weight excluding hydrogens is 388 g/mol. The van der Waals surface area contributed by atoms with Crippen molar-refractivity contribution in [3.8, 4) is 0 Å². The maximum atomic E-state index is 11.6. The Balaban J connectivity index is 1.56. The normalized spacial score (nSPS) is 29.0. The average molecular weight is 421 g/mol. The Bertz CT molecular complexity index is 730. The Morgan fingerprint density at radius 2 is 2.10 bits per heavy atom. The van der Waals surface area contributed by atoms with Crippen LogP contribution >= 0.6 is 11.6 Å². The fraction of sp³-hybridized carbons (Fsp3) is 0.625. The molecule has 1 saturated carbocycles. The number of aliphatic hydroxyl groups is 2. The highest BCUT2D eigenvalue weighted by molar-refractivity contribution is 6.21. The summed E-state index contributed by atoms with van der Waals surface area (Å²) in [6.07, 6.45) is 8.50. The molecule has 1 aromatic rings. The van der Waals surface area contributed by atoms with E-state index in [-0.39, 0.29) is 35.4 Å². The van der Waals surface area contributed by atoms with Crippen molar-refractivity contribution in [2.24, 2.45) is 5.92 Å². The molecule has 2 aliphatic carbocycles. The van der Waals surface area contributed by atoms with Gasteiger partial charge >= 0.3 is 5.97 Å².